The van der Waals surface area contributed by atoms with Gasteiger partial charge in [0.1, 0.15) is 0 Å². The van der Waals surface area contributed by atoms with Crippen LogP contribution in [0.5, 0.6) is 0 Å². The molecule has 0 aromatic carbocycles. The molecule has 1 rings (SSSR count). The molecule has 0 radical (unpaired) electrons. The predicted molar refractivity (Wildman–Crippen MR) is 44.0 cm³/mol. The van der Waals surface area contributed by atoms with Gasteiger partial charge in [-0.25, -0.2) is 0 Å². The van der Waals surface area contributed by atoms with E-state index in [0.29, 0.717) is 0 Å². The second-order valence-corrected chi connectivity index (χ2v) is 3.94. The fourth-order valence-electron chi connectivity index (χ4n) is 0.948. The Bertz CT molecular complexity index is 150. The Hall–Kier alpha value is 0.0700. The molecule has 0 aromatic heterocycles. The van der Waals surface area contributed by atoms with Crippen LogP contribution < -0.4 is 11.0 Å². The van der Waals surface area contributed by atoms with Crippen LogP contribution in [0, 0.1) is 0 Å². The van der Waals surface area contributed by atoms with Crippen molar-refractivity contribution >= 4 is 7.82 Å². The van der Waals surface area contributed by atoms with Crippen LogP contribution in [-0.4, -0.2) is 13.2 Å². The molecule has 1 heterocycles. The van der Waals surface area contributed by atoms with Crippen molar-refractivity contribution in [3.63, 3.8) is 0 Å². The third-order valence-corrected chi connectivity index (χ3v) is 2.54. The topological polar surface area (TPSA) is 95.1 Å². The van der Waals surface area contributed by atoms with Crippen LogP contribution in [0.4, 0.5) is 0 Å². The van der Waals surface area contributed by atoms with Crippen LogP contribution in [0.3, 0.4) is 0 Å². The number of phosphoric acid groups is 1. The zero-order valence-corrected chi connectivity index (χ0v) is 8.22. The summed E-state index contributed by atoms with van der Waals surface area (Å²) in [6, 6.07) is 0. The lowest BCUT2D eigenvalue weighted by Gasteiger charge is -2.21. The van der Waals surface area contributed by atoms with Gasteiger partial charge in [-0.3, -0.25) is 4.57 Å². The molecule has 5 nitrogen and oxygen atoms in total. The number of rotatable bonds is 0. The molecule has 74 valence electrons. The molecule has 0 aromatic rings. The van der Waals surface area contributed by atoms with E-state index in [1.54, 1.807) is 0 Å². The zero-order valence-electron chi connectivity index (χ0n) is 7.32. The SMILES string of the molecule is O=P1([O-])OCCCCCCO1.[NH4+]. The van der Waals surface area contributed by atoms with Crippen LogP contribution in [-0.2, 0) is 13.6 Å². The van der Waals surface area contributed by atoms with Gasteiger partial charge in [-0.2, -0.15) is 0 Å². The monoisotopic (exact) mass is 197 g/mol. The molecule has 1 aliphatic rings. The average molecular weight is 197 g/mol. The maximum Gasteiger partial charge on any atom is 0.267 e. The van der Waals surface area contributed by atoms with Crippen molar-refractivity contribution in [3.05, 3.63) is 0 Å². The van der Waals surface area contributed by atoms with Crippen LogP contribution in [0.15, 0.2) is 0 Å². The molecule has 0 spiro atoms. The van der Waals surface area contributed by atoms with Crippen LogP contribution in [0.2, 0.25) is 0 Å². The first-order valence-electron chi connectivity index (χ1n) is 3.81. The summed E-state index contributed by atoms with van der Waals surface area (Å²) in [5.41, 5.74) is 0. The Labute approximate surface area is 72.3 Å². The molecule has 0 unspecified atom stereocenters. The maximum absolute atomic E-state index is 10.8. The van der Waals surface area contributed by atoms with Gasteiger partial charge in [-0.15, -0.1) is 0 Å². The smallest absolute Gasteiger partial charge is 0.267 e. The van der Waals surface area contributed by atoms with Crippen molar-refractivity contribution in [2.24, 2.45) is 0 Å². The summed E-state index contributed by atoms with van der Waals surface area (Å²) < 4.78 is 19.8. The van der Waals surface area contributed by atoms with Crippen molar-refractivity contribution in [1.82, 2.24) is 6.15 Å². The van der Waals surface area contributed by atoms with E-state index in [9.17, 15) is 9.46 Å². The number of hydrogen-bond acceptors (Lipinski definition) is 4. The first-order valence-corrected chi connectivity index (χ1v) is 5.27. The summed E-state index contributed by atoms with van der Waals surface area (Å²) >= 11 is 0. The molecular weight excluding hydrogens is 181 g/mol. The largest absolute Gasteiger partial charge is 0.756 e. The normalized spacial score (nSPS) is 24.4. The van der Waals surface area contributed by atoms with Gasteiger partial charge in [0.2, 0.25) is 0 Å². The highest BCUT2D eigenvalue weighted by Crippen LogP contribution is 2.39. The average Bonchev–Trinajstić information content (AvgIpc) is 2.00. The highest BCUT2D eigenvalue weighted by atomic mass is 31.2. The van der Waals surface area contributed by atoms with E-state index in [1.807, 2.05) is 0 Å². The summed E-state index contributed by atoms with van der Waals surface area (Å²) in [5, 5.41) is 0. The summed E-state index contributed by atoms with van der Waals surface area (Å²) in [7, 11) is -3.94. The Kier molecular flexibility index (Phi) is 5.70. The van der Waals surface area contributed by atoms with E-state index in [0.717, 1.165) is 25.7 Å². The van der Waals surface area contributed by atoms with Crippen LogP contribution in [0.1, 0.15) is 25.7 Å². The number of phosphoric ester groups is 1. The molecular formula is C6H16NO4P. The molecule has 12 heavy (non-hydrogen) atoms. The van der Waals surface area contributed by atoms with E-state index < -0.39 is 7.82 Å². The minimum Gasteiger partial charge on any atom is -0.756 e. The second kappa shape index (κ2) is 5.67. The highest BCUT2D eigenvalue weighted by molar-refractivity contribution is 7.45. The van der Waals surface area contributed by atoms with Crippen molar-refractivity contribution in [3.8, 4) is 0 Å². The van der Waals surface area contributed by atoms with Crippen molar-refractivity contribution in [2.75, 3.05) is 13.2 Å². The van der Waals surface area contributed by atoms with Gasteiger partial charge < -0.3 is 20.1 Å². The van der Waals surface area contributed by atoms with Crippen LogP contribution >= 0.6 is 7.82 Å². The molecule has 1 aliphatic heterocycles. The van der Waals surface area contributed by atoms with Crippen LogP contribution in [0.25, 0.3) is 0 Å². The quantitative estimate of drug-likeness (QED) is 0.594. The lowest BCUT2D eigenvalue weighted by atomic mass is 10.2. The second-order valence-electron chi connectivity index (χ2n) is 2.53. The molecule has 1 fully saturated rings. The summed E-state index contributed by atoms with van der Waals surface area (Å²) in [6.45, 7) is 0.529. The van der Waals surface area contributed by atoms with Gasteiger partial charge in [0, 0.05) is 0 Å². The lowest BCUT2D eigenvalue weighted by molar-refractivity contribution is -0.225. The van der Waals surface area contributed by atoms with Gasteiger partial charge >= 0.3 is 0 Å². The molecule has 6 heteroatoms. The molecule has 0 saturated carbocycles. The maximum atomic E-state index is 10.8. The van der Waals surface area contributed by atoms with Crippen molar-refractivity contribution < 1.29 is 18.5 Å². The Morgan fingerprint density at radius 2 is 1.42 bits per heavy atom. The molecule has 0 aliphatic carbocycles. The zero-order chi connectivity index (χ0) is 8.16. The molecule has 1 saturated heterocycles. The van der Waals surface area contributed by atoms with Gasteiger partial charge in [-0.05, 0) is 12.8 Å². The minimum atomic E-state index is -3.94. The van der Waals surface area contributed by atoms with Gasteiger partial charge in [0.15, 0.2) is 0 Å². The predicted octanol–water partition coefficient (Wildman–Crippen LogP) is 1.44. The van der Waals surface area contributed by atoms with E-state index in [4.69, 9.17) is 0 Å². The fraction of sp³-hybridized carbons (Fsp3) is 1.00. The third kappa shape index (κ3) is 4.85. The molecule has 4 N–H and O–H groups in total. The van der Waals surface area contributed by atoms with E-state index in [1.165, 1.54) is 0 Å². The Balaban J connectivity index is 0.00000121. The first kappa shape index (κ1) is 12.1. The van der Waals surface area contributed by atoms with Crippen molar-refractivity contribution in [2.45, 2.75) is 25.7 Å². The molecule has 0 amide bonds. The summed E-state index contributed by atoms with van der Waals surface area (Å²) in [6.07, 6.45) is 3.64. The molecule has 0 atom stereocenters. The first-order chi connectivity index (χ1) is 5.21. The highest BCUT2D eigenvalue weighted by Gasteiger charge is 2.09. The minimum absolute atomic E-state index is 0. The van der Waals surface area contributed by atoms with Crippen molar-refractivity contribution in [1.29, 1.82) is 0 Å². The standard InChI is InChI=1S/C6H13O4P.H3N/c7-11(8)9-5-3-1-2-4-6-10-11;/h1-6H2,(H,7,8);1H3. The number of hydrogen-bond donors (Lipinski definition) is 1. The van der Waals surface area contributed by atoms with E-state index in [2.05, 4.69) is 9.05 Å². The number of quaternary nitrogens is 1. The Morgan fingerprint density at radius 1 is 1.00 bits per heavy atom. The van der Waals surface area contributed by atoms with E-state index in [-0.39, 0.29) is 19.4 Å². The Morgan fingerprint density at radius 3 is 1.83 bits per heavy atom. The van der Waals surface area contributed by atoms with Gasteiger partial charge in [-0.1, -0.05) is 12.8 Å². The third-order valence-electron chi connectivity index (χ3n) is 1.54. The summed E-state index contributed by atoms with van der Waals surface area (Å²) in [5.74, 6) is 0. The van der Waals surface area contributed by atoms with Gasteiger partial charge in [0.25, 0.3) is 7.82 Å². The molecule has 0 bridgehead atoms. The lowest BCUT2D eigenvalue weighted by Crippen LogP contribution is -2.08. The van der Waals surface area contributed by atoms with E-state index >= 15 is 0 Å². The fourth-order valence-corrected chi connectivity index (χ4v) is 1.73. The summed E-state index contributed by atoms with van der Waals surface area (Å²) in [4.78, 5) is 10.8. The van der Waals surface area contributed by atoms with Gasteiger partial charge in [0.05, 0.1) is 13.2 Å².